The molecule has 6 nitrogen and oxygen atoms in total. The van der Waals surface area contributed by atoms with Crippen LogP contribution in [0.5, 0.6) is 0 Å². The number of carbonyl (C=O) groups is 1. The molecule has 23 heavy (non-hydrogen) atoms. The zero-order valence-corrected chi connectivity index (χ0v) is 13.7. The number of carbonyl (C=O) groups excluding carboxylic acids is 1. The van der Waals surface area contributed by atoms with E-state index in [1.807, 2.05) is 18.2 Å². The summed E-state index contributed by atoms with van der Waals surface area (Å²) in [5.74, 6) is -0.183. The van der Waals surface area contributed by atoms with E-state index >= 15 is 0 Å². The van der Waals surface area contributed by atoms with Gasteiger partial charge in [-0.2, -0.15) is 0 Å². The summed E-state index contributed by atoms with van der Waals surface area (Å²) in [6, 6.07) is 15.4. The molecule has 1 amide bonds. The van der Waals surface area contributed by atoms with Crippen molar-refractivity contribution in [1.82, 2.24) is 0 Å². The van der Waals surface area contributed by atoms with Crippen LogP contribution in [0.4, 0.5) is 17.1 Å². The molecular weight excluding hydrogens is 314 g/mol. The molecule has 0 aliphatic heterocycles. The van der Waals surface area contributed by atoms with Crippen LogP contribution in [0.1, 0.15) is 6.92 Å². The monoisotopic (exact) mass is 333 g/mol. The van der Waals surface area contributed by atoms with E-state index in [1.54, 1.807) is 43.3 Å². The predicted molar refractivity (Wildman–Crippen MR) is 93.1 cm³/mol. The number of anilines is 3. The Balaban J connectivity index is 2.01. The molecule has 2 rings (SSSR count). The zero-order valence-electron chi connectivity index (χ0n) is 12.9. The van der Waals surface area contributed by atoms with Crippen molar-refractivity contribution in [3.8, 4) is 0 Å². The second-order valence-corrected chi connectivity index (χ2v) is 6.92. The van der Waals surface area contributed by atoms with E-state index in [1.165, 1.54) is 0 Å². The summed E-state index contributed by atoms with van der Waals surface area (Å²) < 4.78 is 24.9. The highest BCUT2D eigenvalue weighted by Gasteiger charge is 2.13. The largest absolute Gasteiger partial charge is 0.374 e. The van der Waals surface area contributed by atoms with Crippen molar-refractivity contribution in [2.45, 2.75) is 13.0 Å². The molecule has 1 atom stereocenters. The van der Waals surface area contributed by atoms with Gasteiger partial charge in [0.25, 0.3) is 0 Å². The van der Waals surface area contributed by atoms with Crippen LogP contribution in [0.15, 0.2) is 54.6 Å². The first-order valence-corrected chi connectivity index (χ1v) is 8.93. The first-order valence-electron chi connectivity index (χ1n) is 7.04. The molecule has 7 heteroatoms. The topological polar surface area (TPSA) is 87.3 Å². The van der Waals surface area contributed by atoms with E-state index in [4.69, 9.17) is 0 Å². The molecule has 0 spiro atoms. The highest BCUT2D eigenvalue weighted by Crippen LogP contribution is 2.17. The van der Waals surface area contributed by atoms with Gasteiger partial charge in [0, 0.05) is 11.4 Å². The average Bonchev–Trinajstić information content (AvgIpc) is 2.46. The summed E-state index contributed by atoms with van der Waals surface area (Å²) in [5, 5.41) is 5.84. The highest BCUT2D eigenvalue weighted by atomic mass is 32.2. The zero-order chi connectivity index (χ0) is 16.9. The lowest BCUT2D eigenvalue weighted by molar-refractivity contribution is -0.116. The van der Waals surface area contributed by atoms with Crippen molar-refractivity contribution in [3.63, 3.8) is 0 Å². The van der Waals surface area contributed by atoms with Crippen LogP contribution >= 0.6 is 0 Å². The third kappa shape index (κ3) is 5.63. The molecule has 0 bridgehead atoms. The maximum absolute atomic E-state index is 12.1. The maximum Gasteiger partial charge on any atom is 0.246 e. The third-order valence-corrected chi connectivity index (χ3v) is 3.59. The second kappa shape index (κ2) is 7.15. The number of sulfonamides is 1. The molecule has 122 valence electrons. The standard InChI is InChI=1S/C16H19N3O3S/c1-12(16(20)18-13-7-4-3-5-8-13)17-14-9-6-10-15(11-14)19-23(2,21)22/h3-12,17,19H,1-2H3,(H,18,20)/t12-/m1/s1. The minimum Gasteiger partial charge on any atom is -0.374 e. The number of hydrogen-bond acceptors (Lipinski definition) is 4. The Morgan fingerprint density at radius 1 is 0.957 bits per heavy atom. The lowest BCUT2D eigenvalue weighted by Gasteiger charge is -2.16. The molecule has 0 aromatic heterocycles. The second-order valence-electron chi connectivity index (χ2n) is 5.18. The van der Waals surface area contributed by atoms with Crippen molar-refractivity contribution in [2.75, 3.05) is 21.6 Å². The number of nitrogens with one attached hydrogen (secondary N) is 3. The Bertz CT molecular complexity index is 776. The van der Waals surface area contributed by atoms with E-state index in [9.17, 15) is 13.2 Å². The number of para-hydroxylation sites is 1. The van der Waals surface area contributed by atoms with Crippen molar-refractivity contribution in [3.05, 3.63) is 54.6 Å². The van der Waals surface area contributed by atoms with Crippen molar-refractivity contribution in [1.29, 1.82) is 0 Å². The fourth-order valence-electron chi connectivity index (χ4n) is 1.97. The molecular formula is C16H19N3O3S. The summed E-state index contributed by atoms with van der Waals surface area (Å²) in [6.45, 7) is 1.73. The van der Waals surface area contributed by atoms with Gasteiger partial charge < -0.3 is 10.6 Å². The molecule has 0 heterocycles. The van der Waals surface area contributed by atoms with Gasteiger partial charge in [-0.15, -0.1) is 0 Å². The number of amides is 1. The smallest absolute Gasteiger partial charge is 0.246 e. The summed E-state index contributed by atoms with van der Waals surface area (Å²) >= 11 is 0. The SMILES string of the molecule is C[C@@H](Nc1cccc(NS(C)(=O)=O)c1)C(=O)Nc1ccccc1. The Hall–Kier alpha value is -2.54. The molecule has 2 aromatic carbocycles. The van der Waals surface area contributed by atoms with Gasteiger partial charge in [-0.3, -0.25) is 9.52 Å². The lowest BCUT2D eigenvalue weighted by atomic mass is 10.2. The molecule has 0 saturated heterocycles. The summed E-state index contributed by atoms with van der Waals surface area (Å²) in [5.41, 5.74) is 1.81. The number of hydrogen-bond donors (Lipinski definition) is 3. The fraction of sp³-hybridized carbons (Fsp3) is 0.188. The van der Waals surface area contributed by atoms with Gasteiger partial charge in [0.2, 0.25) is 15.9 Å². The Morgan fingerprint density at radius 2 is 1.57 bits per heavy atom. The van der Waals surface area contributed by atoms with Gasteiger partial charge in [0.15, 0.2) is 0 Å². The van der Waals surface area contributed by atoms with Gasteiger partial charge >= 0.3 is 0 Å². The quantitative estimate of drug-likeness (QED) is 0.758. The molecule has 0 aliphatic rings. The third-order valence-electron chi connectivity index (χ3n) is 2.98. The normalized spacial score (nSPS) is 12.3. The molecule has 2 aromatic rings. The van der Waals surface area contributed by atoms with Crippen molar-refractivity contribution in [2.24, 2.45) is 0 Å². The van der Waals surface area contributed by atoms with Crippen LogP contribution < -0.4 is 15.4 Å². The maximum atomic E-state index is 12.1. The average molecular weight is 333 g/mol. The fourth-order valence-corrected chi connectivity index (χ4v) is 2.53. The predicted octanol–water partition coefficient (Wildman–Crippen LogP) is 2.50. The summed E-state index contributed by atoms with van der Waals surface area (Å²) in [4.78, 5) is 12.1. The van der Waals surface area contributed by atoms with E-state index < -0.39 is 16.1 Å². The van der Waals surface area contributed by atoms with Crippen LogP contribution in [0.2, 0.25) is 0 Å². The lowest BCUT2D eigenvalue weighted by Crippen LogP contribution is -2.31. The molecule has 0 radical (unpaired) electrons. The van der Waals surface area contributed by atoms with Crippen molar-refractivity contribution >= 4 is 33.0 Å². The Kier molecular flexibility index (Phi) is 5.23. The van der Waals surface area contributed by atoms with Crippen LogP contribution in [-0.4, -0.2) is 26.6 Å². The van der Waals surface area contributed by atoms with Crippen molar-refractivity contribution < 1.29 is 13.2 Å². The molecule has 0 unspecified atom stereocenters. The van der Waals surface area contributed by atoms with E-state index in [-0.39, 0.29) is 5.91 Å². The van der Waals surface area contributed by atoms with Crippen LogP contribution in [0.3, 0.4) is 0 Å². The Morgan fingerprint density at radius 3 is 2.22 bits per heavy atom. The highest BCUT2D eigenvalue weighted by molar-refractivity contribution is 7.92. The van der Waals surface area contributed by atoms with Crippen LogP contribution in [-0.2, 0) is 14.8 Å². The van der Waals surface area contributed by atoms with E-state index in [2.05, 4.69) is 15.4 Å². The van der Waals surface area contributed by atoms with Crippen LogP contribution in [0.25, 0.3) is 0 Å². The summed E-state index contributed by atoms with van der Waals surface area (Å²) in [6.07, 6.45) is 1.09. The number of benzene rings is 2. The molecule has 0 saturated carbocycles. The molecule has 0 aliphatic carbocycles. The minimum absolute atomic E-state index is 0.183. The van der Waals surface area contributed by atoms with Crippen LogP contribution in [0, 0.1) is 0 Å². The van der Waals surface area contributed by atoms with Gasteiger partial charge in [-0.05, 0) is 37.3 Å². The molecule has 3 N–H and O–H groups in total. The Labute approximate surface area is 136 Å². The van der Waals surface area contributed by atoms with Gasteiger partial charge in [-0.25, -0.2) is 8.42 Å². The summed E-state index contributed by atoms with van der Waals surface area (Å²) in [7, 11) is -3.34. The van der Waals surface area contributed by atoms with Gasteiger partial charge in [-0.1, -0.05) is 24.3 Å². The van der Waals surface area contributed by atoms with E-state index in [0.717, 1.165) is 11.9 Å². The minimum atomic E-state index is -3.34. The van der Waals surface area contributed by atoms with E-state index in [0.29, 0.717) is 11.4 Å². The first-order chi connectivity index (χ1) is 10.8. The molecule has 0 fully saturated rings. The first kappa shape index (κ1) is 16.8. The number of rotatable bonds is 6. The van der Waals surface area contributed by atoms with Gasteiger partial charge in [0.1, 0.15) is 6.04 Å². The van der Waals surface area contributed by atoms with Gasteiger partial charge in [0.05, 0.1) is 11.9 Å².